The van der Waals surface area contributed by atoms with E-state index in [0.717, 1.165) is 90.4 Å². The molecule has 22 N–H and O–H groups in total. The second-order valence-electron chi connectivity index (χ2n) is 30.5. The lowest BCUT2D eigenvalue weighted by molar-refractivity contribution is -0.155. The van der Waals surface area contributed by atoms with Crippen molar-refractivity contribution in [2.75, 3.05) is 39.3 Å². The Kier molecular flexibility index (Phi) is 39.3. The number of aliphatic hydroxyl groups is 7. The summed E-state index contributed by atoms with van der Waals surface area (Å²) < 4.78 is 6.04. The van der Waals surface area contributed by atoms with Crippen LogP contribution < -0.4 is 69.5 Å². The highest BCUT2D eigenvalue weighted by molar-refractivity contribution is 6.00. The summed E-state index contributed by atoms with van der Waals surface area (Å²) in [6, 6.07) is -14.6. The van der Waals surface area contributed by atoms with Crippen LogP contribution in [0.15, 0.2) is 24.3 Å². The van der Waals surface area contributed by atoms with Crippen LogP contribution in [0, 0.1) is 11.8 Å². The van der Waals surface area contributed by atoms with Gasteiger partial charge in [-0.3, -0.25) is 67.1 Å². The molecule has 0 aliphatic carbocycles. The van der Waals surface area contributed by atoms with E-state index in [1.807, 2.05) is 0 Å². The number of phenols is 1. The molecular weight excluding hydrogens is 1490 g/mol. The van der Waals surface area contributed by atoms with Gasteiger partial charge in [0, 0.05) is 45.6 Å². The molecular formula is C75H121N15O24. The van der Waals surface area contributed by atoms with Crippen LogP contribution in [-0.4, -0.2) is 294 Å². The molecule has 1 aromatic carbocycles. The average molecular weight is 1620 g/mol. The van der Waals surface area contributed by atoms with Crippen molar-refractivity contribution in [3.05, 3.63) is 29.8 Å². The molecule has 5 rings (SSSR count). The Morgan fingerprint density at radius 1 is 0.561 bits per heavy atom. The van der Waals surface area contributed by atoms with Gasteiger partial charge in [-0.2, -0.15) is 0 Å². The minimum absolute atomic E-state index is 0.00765. The number of aromatic hydroxyl groups is 1. The first-order chi connectivity index (χ1) is 53.8. The molecule has 14 amide bonds. The van der Waals surface area contributed by atoms with Gasteiger partial charge in [-0.05, 0) is 90.3 Å². The van der Waals surface area contributed by atoms with E-state index in [1.54, 1.807) is 0 Å². The lowest BCUT2D eigenvalue weighted by Crippen LogP contribution is -2.64. The van der Waals surface area contributed by atoms with Gasteiger partial charge >= 0.3 is 5.97 Å². The Hall–Kier alpha value is -9.25. The molecule has 114 heavy (non-hydrogen) atoms. The van der Waals surface area contributed by atoms with Gasteiger partial charge in [0.1, 0.15) is 78.3 Å². The first kappa shape index (κ1) is 95.3. The van der Waals surface area contributed by atoms with E-state index < -0.39 is 243 Å². The number of ether oxygens (including phenoxy) is 1. The summed E-state index contributed by atoms with van der Waals surface area (Å²) in [5.41, 5.74) is 5.72. The van der Waals surface area contributed by atoms with E-state index in [1.165, 1.54) is 45.0 Å². The number of carbonyl (C=O) groups is 15. The number of hydrogen-bond donors (Lipinski definition) is 21. The van der Waals surface area contributed by atoms with Crippen molar-refractivity contribution in [3.8, 4) is 5.75 Å². The molecule has 39 heteroatoms. The van der Waals surface area contributed by atoms with Crippen LogP contribution >= 0.6 is 0 Å². The van der Waals surface area contributed by atoms with Crippen molar-refractivity contribution in [2.45, 2.75) is 293 Å². The number of nitrogens with one attached hydrogen (secondary N) is 12. The van der Waals surface area contributed by atoms with Gasteiger partial charge < -0.3 is 125 Å². The van der Waals surface area contributed by atoms with Gasteiger partial charge in [0.15, 0.2) is 0 Å². The summed E-state index contributed by atoms with van der Waals surface area (Å²) in [6.45, 7) is 9.45. The first-order valence-electron chi connectivity index (χ1n) is 39.5. The number of cyclic esters (lactones) is 1. The minimum atomic E-state index is -2.24. The highest BCUT2D eigenvalue weighted by Gasteiger charge is 2.49. The Labute approximate surface area is 662 Å². The second-order valence-corrected chi connectivity index (χ2v) is 30.5. The van der Waals surface area contributed by atoms with Crippen molar-refractivity contribution in [2.24, 2.45) is 17.6 Å². The highest BCUT2D eigenvalue weighted by atomic mass is 16.5. The summed E-state index contributed by atoms with van der Waals surface area (Å²) in [5.74, 6) is -18.0. The molecule has 4 aliphatic rings. The molecule has 39 nitrogen and oxygen atoms in total. The van der Waals surface area contributed by atoms with Crippen LogP contribution in [0.1, 0.15) is 177 Å². The molecule has 0 unspecified atom stereocenters. The quantitative estimate of drug-likeness (QED) is 0.0288. The predicted molar refractivity (Wildman–Crippen MR) is 406 cm³/mol. The monoisotopic (exact) mass is 1620 g/mol. The van der Waals surface area contributed by atoms with Gasteiger partial charge in [0.2, 0.25) is 82.7 Å². The van der Waals surface area contributed by atoms with Gasteiger partial charge in [-0.25, -0.2) is 4.79 Å². The summed E-state index contributed by atoms with van der Waals surface area (Å²) in [4.78, 5) is 213. The summed E-state index contributed by atoms with van der Waals surface area (Å²) in [6.07, 6.45) is -6.57. The van der Waals surface area contributed by atoms with E-state index in [2.05, 4.69) is 70.7 Å². The van der Waals surface area contributed by atoms with Crippen LogP contribution in [0.4, 0.5) is 0 Å². The standard InChI is InChI=1S/C75H121N15O24/c1-9-10-11-12-13-14-15-16-17-18-19-21-48-32-55(100)83-58(40(5)91)69(107)80-39(4)64(102)82-50(30-44-23-25-46(95)26-24-44)66(104)85-57(38(2)3)73(111)90-37-47(96)31-51(90)67(105)86-60(42(7)93)71(109)87-61(43(8)94)74(112)89-29-27-52(97)63(89)72(110)88-62(53(98)33-54(76)99)68(106)79-36-56(101)84-59(41(6)92)70(108)81-49(75(113)114-48)22-20-28-78-65(103)45-34-77-35-45/h23-26,38-43,45,47-53,57-63,77,91-98H,9-22,27-37H2,1-8H3,(H2,76,99)(H,78,103)(H,79,106)(H,80,107)(H,81,108)(H,82,102)(H,83,100)(H,84,101)(H,85,104)(H,86,105)(H,87,109)(H,88,110)/t39-,40-,41-,42-,43-,47-,48-,49+,50+,51+,52+,53-,57+,58-,59-,60-,61+,62+,63+/m1/s1. The Balaban J connectivity index is 1.55. The fourth-order valence-electron chi connectivity index (χ4n) is 13.6. The molecule has 0 aromatic heterocycles. The molecule has 4 heterocycles. The minimum Gasteiger partial charge on any atom is -0.508 e. The van der Waals surface area contributed by atoms with Gasteiger partial charge in [0.05, 0.1) is 68.0 Å². The number of aliphatic hydroxyl groups excluding tert-OH is 7. The molecule has 0 saturated carbocycles. The number of nitrogens with two attached hydrogens (primary N) is 1. The fraction of sp³-hybridized carbons (Fsp3) is 0.720. The number of rotatable bonds is 27. The molecule has 1 aromatic rings. The van der Waals surface area contributed by atoms with Crippen LogP contribution in [0.3, 0.4) is 0 Å². The smallest absolute Gasteiger partial charge is 0.328 e. The van der Waals surface area contributed by atoms with Crippen molar-refractivity contribution < 1.29 is 118 Å². The lowest BCUT2D eigenvalue weighted by atomic mass is 9.99. The number of esters is 1. The van der Waals surface area contributed by atoms with E-state index in [9.17, 15) is 113 Å². The van der Waals surface area contributed by atoms with E-state index in [4.69, 9.17) is 10.5 Å². The van der Waals surface area contributed by atoms with Crippen LogP contribution in [0.2, 0.25) is 0 Å². The number of hydrogen-bond acceptors (Lipinski definition) is 25. The molecule has 640 valence electrons. The second kappa shape index (κ2) is 46.9. The van der Waals surface area contributed by atoms with Crippen molar-refractivity contribution in [3.63, 3.8) is 0 Å². The van der Waals surface area contributed by atoms with E-state index in [0.29, 0.717) is 36.4 Å². The third kappa shape index (κ3) is 29.9. The number of nitrogens with zero attached hydrogens (tertiary/aromatic N) is 2. The Bertz CT molecular complexity index is 3440. The summed E-state index contributed by atoms with van der Waals surface area (Å²) in [7, 11) is 0. The number of benzene rings is 1. The topological polar surface area (TPSA) is 604 Å². The molecule has 0 radical (unpaired) electrons. The normalized spacial score (nSPS) is 28.0. The average Bonchev–Trinajstić information content (AvgIpc) is 1.63. The molecule has 4 fully saturated rings. The van der Waals surface area contributed by atoms with Crippen LogP contribution in [0.25, 0.3) is 0 Å². The highest BCUT2D eigenvalue weighted by Crippen LogP contribution is 2.25. The molecule has 4 saturated heterocycles. The summed E-state index contributed by atoms with van der Waals surface area (Å²) >= 11 is 0. The number of phenolic OH excluding ortho intramolecular Hbond substituents is 1. The van der Waals surface area contributed by atoms with E-state index >= 15 is 0 Å². The van der Waals surface area contributed by atoms with Crippen molar-refractivity contribution in [1.82, 2.24) is 73.6 Å². The number of fused-ring (bicyclic) bond motifs is 2. The lowest BCUT2D eigenvalue weighted by Gasteiger charge is -2.34. The number of unbranched alkanes of at least 4 members (excludes halogenated alkanes) is 10. The van der Waals surface area contributed by atoms with Gasteiger partial charge in [-0.15, -0.1) is 0 Å². The third-order valence-electron chi connectivity index (χ3n) is 20.4. The largest absolute Gasteiger partial charge is 0.508 e. The van der Waals surface area contributed by atoms with Crippen molar-refractivity contribution in [1.29, 1.82) is 0 Å². The van der Waals surface area contributed by atoms with Crippen LogP contribution in [0.5, 0.6) is 5.75 Å². The zero-order valence-electron chi connectivity index (χ0n) is 66.2. The molecule has 0 spiro atoms. The van der Waals surface area contributed by atoms with Gasteiger partial charge in [-0.1, -0.05) is 97.1 Å². The Morgan fingerprint density at radius 3 is 1.64 bits per heavy atom. The maximum absolute atomic E-state index is 14.8. The van der Waals surface area contributed by atoms with Crippen LogP contribution in [-0.2, 0) is 83.1 Å². The predicted octanol–water partition coefficient (Wildman–Crippen LogP) is -6.09. The first-order valence-corrected chi connectivity index (χ1v) is 39.5. The summed E-state index contributed by atoms with van der Waals surface area (Å²) in [5, 5.41) is 117. The zero-order chi connectivity index (χ0) is 84.8. The van der Waals surface area contributed by atoms with E-state index in [-0.39, 0.29) is 56.2 Å². The Morgan fingerprint density at radius 2 is 1.08 bits per heavy atom. The maximum atomic E-state index is 14.8. The SMILES string of the molecule is CCCCCCCCCCCCC[C@@H]1CC(=O)N[C@H]([C@@H](C)O)C(=O)N[C@H](C)C(=O)N[C@@H](Cc2ccc(O)cc2)C(=O)N[C@@H](C(C)C)C(=O)N2C[C@H](O)C[C@H]2C(=O)N[C@H]([C@@H](C)O)C(=O)N[C@@H]([C@@H](C)O)C(=O)N2CC[C@H](O)[C@H]2C(=O)N[C@@H]([C@H](O)CC(N)=O)C(=O)NCC(=O)N[C@H]([C@@H](C)O)C(=O)N[C@@H](CCCNC(=O)C2CNC2)C(=O)O1. The molecule has 19 atom stereocenters. The number of primary amides is 1. The van der Waals surface area contributed by atoms with Crippen molar-refractivity contribution >= 4 is 88.7 Å². The maximum Gasteiger partial charge on any atom is 0.328 e. The van der Waals surface area contributed by atoms with Gasteiger partial charge in [0.25, 0.3) is 0 Å². The zero-order valence-corrected chi connectivity index (χ0v) is 66.2. The molecule has 0 bridgehead atoms. The fourth-order valence-corrected chi connectivity index (χ4v) is 13.6. The number of amides is 14. The third-order valence-corrected chi connectivity index (χ3v) is 20.4. The molecule has 4 aliphatic heterocycles. The number of carbonyl (C=O) groups excluding carboxylic acids is 15.